The fourth-order valence-corrected chi connectivity index (χ4v) is 4.97. The summed E-state index contributed by atoms with van der Waals surface area (Å²) in [6, 6.07) is 12.3. The second-order valence-corrected chi connectivity index (χ2v) is 10.4. The maximum absolute atomic E-state index is 13.9. The summed E-state index contributed by atoms with van der Waals surface area (Å²) in [6.07, 6.45) is 2.20. The monoisotopic (exact) mass is 521 g/mol. The molecule has 1 aliphatic carbocycles. The van der Waals surface area contributed by atoms with Gasteiger partial charge in [-0.25, -0.2) is 9.18 Å². The van der Waals surface area contributed by atoms with Crippen molar-refractivity contribution in [3.63, 3.8) is 0 Å². The Hall–Kier alpha value is -3.75. The summed E-state index contributed by atoms with van der Waals surface area (Å²) in [5.41, 5.74) is 0.187. The van der Waals surface area contributed by atoms with Crippen molar-refractivity contribution in [2.45, 2.75) is 45.8 Å². The molecule has 4 rings (SSSR count). The number of nitrogens with zero attached hydrogens (tertiary/aromatic N) is 1. The van der Waals surface area contributed by atoms with Crippen molar-refractivity contribution in [3.8, 4) is 17.2 Å². The van der Waals surface area contributed by atoms with E-state index < -0.39 is 28.9 Å². The lowest BCUT2D eigenvalue weighted by molar-refractivity contribution is -0.0159. The van der Waals surface area contributed by atoms with E-state index in [1.54, 1.807) is 56.4 Å². The summed E-state index contributed by atoms with van der Waals surface area (Å²) in [4.78, 5) is 16.6. The number of ether oxygens (including phenoxy) is 3. The fourth-order valence-electron chi connectivity index (χ4n) is 4.97. The second kappa shape index (κ2) is 10.6. The minimum Gasteiger partial charge on any atom is -0.496 e. The minimum absolute atomic E-state index is 0.109. The van der Waals surface area contributed by atoms with E-state index in [1.807, 2.05) is 13.8 Å². The number of aliphatic hydroxyl groups is 2. The molecule has 0 amide bonds. The van der Waals surface area contributed by atoms with Crippen LogP contribution >= 0.6 is 0 Å². The van der Waals surface area contributed by atoms with Gasteiger partial charge in [0.05, 0.1) is 24.4 Å². The molecule has 0 radical (unpaired) electrons. The Morgan fingerprint density at radius 2 is 1.89 bits per heavy atom. The van der Waals surface area contributed by atoms with Crippen molar-refractivity contribution in [2.24, 2.45) is 5.41 Å². The largest absolute Gasteiger partial charge is 0.496 e. The minimum atomic E-state index is -1.37. The Kier molecular flexibility index (Phi) is 7.58. The summed E-state index contributed by atoms with van der Waals surface area (Å²) in [7, 11) is 1.49. The Labute approximate surface area is 221 Å². The lowest BCUT2D eigenvalue weighted by atomic mass is 9.64. The molecule has 8 heteroatoms. The van der Waals surface area contributed by atoms with E-state index in [-0.39, 0.29) is 24.3 Å². The number of benzene rings is 2. The predicted molar refractivity (Wildman–Crippen MR) is 141 cm³/mol. The molecule has 0 aliphatic heterocycles. The van der Waals surface area contributed by atoms with Gasteiger partial charge < -0.3 is 24.4 Å². The smallest absolute Gasteiger partial charge is 0.345 e. The van der Waals surface area contributed by atoms with Crippen LogP contribution in [0.5, 0.6) is 17.2 Å². The molecule has 0 bridgehead atoms. The lowest BCUT2D eigenvalue weighted by Gasteiger charge is -2.46. The summed E-state index contributed by atoms with van der Waals surface area (Å²) in [5.74, 6) is -0.0732. The number of hydrogen-bond donors (Lipinski definition) is 2. The second-order valence-electron chi connectivity index (χ2n) is 10.4. The van der Waals surface area contributed by atoms with Crippen LogP contribution in [0.1, 0.15) is 48.7 Å². The molecule has 1 aromatic heterocycles. The van der Waals surface area contributed by atoms with Gasteiger partial charge in [-0.15, -0.1) is 0 Å². The standard InChI is InChI=1S/C30H32FNO6/c1-18-8-9-20(31)13-25(18)37-16-23-26(27(33)29(2,3)17-30(23,4)35)22-14-21(10-11-24(22)36-5)38-28(34)19-7-6-12-32-15-19/h6-15,27,33,35H,16-17H2,1-5H3. The van der Waals surface area contributed by atoms with E-state index >= 15 is 0 Å². The first-order chi connectivity index (χ1) is 17.9. The quantitative estimate of drug-likeness (QED) is 0.329. The van der Waals surface area contributed by atoms with E-state index in [0.29, 0.717) is 28.2 Å². The number of aromatic nitrogens is 1. The van der Waals surface area contributed by atoms with E-state index in [9.17, 15) is 19.4 Å². The summed E-state index contributed by atoms with van der Waals surface area (Å²) in [6.45, 7) is 7.07. The Morgan fingerprint density at radius 1 is 1.13 bits per heavy atom. The molecule has 1 aliphatic rings. The van der Waals surface area contributed by atoms with Crippen molar-refractivity contribution in [3.05, 3.63) is 89.0 Å². The van der Waals surface area contributed by atoms with Crippen molar-refractivity contribution >= 4 is 11.5 Å². The van der Waals surface area contributed by atoms with E-state index in [1.165, 1.54) is 25.4 Å². The van der Waals surface area contributed by atoms with Crippen LogP contribution < -0.4 is 14.2 Å². The topological polar surface area (TPSA) is 98.1 Å². The fraction of sp³-hybridized carbons (Fsp3) is 0.333. The van der Waals surface area contributed by atoms with Gasteiger partial charge in [-0.1, -0.05) is 19.9 Å². The third-order valence-electron chi connectivity index (χ3n) is 6.88. The average Bonchev–Trinajstić information content (AvgIpc) is 2.87. The van der Waals surface area contributed by atoms with Crippen LogP contribution in [0.4, 0.5) is 4.39 Å². The van der Waals surface area contributed by atoms with Crippen LogP contribution in [-0.4, -0.2) is 46.6 Å². The van der Waals surface area contributed by atoms with Gasteiger partial charge in [0.1, 0.15) is 29.7 Å². The zero-order valence-corrected chi connectivity index (χ0v) is 22.1. The molecule has 0 fully saturated rings. The highest BCUT2D eigenvalue weighted by atomic mass is 19.1. The molecule has 0 saturated carbocycles. The lowest BCUT2D eigenvalue weighted by Crippen LogP contribution is -2.47. The number of methoxy groups -OCH3 is 1. The molecule has 200 valence electrons. The number of hydrogen-bond acceptors (Lipinski definition) is 7. The van der Waals surface area contributed by atoms with Crippen molar-refractivity contribution in [2.75, 3.05) is 13.7 Å². The number of carbonyl (C=O) groups is 1. The molecule has 38 heavy (non-hydrogen) atoms. The highest BCUT2D eigenvalue weighted by molar-refractivity contribution is 5.91. The molecule has 2 N–H and O–H groups in total. The van der Waals surface area contributed by atoms with E-state index in [4.69, 9.17) is 14.2 Å². The van der Waals surface area contributed by atoms with Crippen LogP contribution in [-0.2, 0) is 0 Å². The zero-order valence-electron chi connectivity index (χ0n) is 22.1. The Bertz CT molecular complexity index is 1370. The first-order valence-electron chi connectivity index (χ1n) is 12.3. The van der Waals surface area contributed by atoms with Crippen molar-refractivity contribution < 1.29 is 33.6 Å². The Balaban J connectivity index is 1.81. The van der Waals surface area contributed by atoms with Crippen molar-refractivity contribution in [1.82, 2.24) is 4.98 Å². The van der Waals surface area contributed by atoms with Gasteiger partial charge in [0.25, 0.3) is 0 Å². The van der Waals surface area contributed by atoms with Gasteiger partial charge in [0, 0.05) is 29.6 Å². The van der Waals surface area contributed by atoms with Gasteiger partial charge >= 0.3 is 5.97 Å². The normalized spacial score (nSPS) is 20.7. The van der Waals surface area contributed by atoms with Gasteiger partial charge in [-0.3, -0.25) is 4.98 Å². The SMILES string of the molecule is COc1ccc(OC(=O)c2cccnc2)cc1C1=C(COc2cc(F)ccc2C)C(C)(O)CC(C)(C)C1O. The van der Waals surface area contributed by atoms with Crippen LogP contribution in [0, 0.1) is 18.2 Å². The molecule has 0 saturated heterocycles. The molecule has 1 heterocycles. The van der Waals surface area contributed by atoms with Crippen molar-refractivity contribution in [1.29, 1.82) is 0 Å². The third kappa shape index (κ3) is 5.56. The maximum atomic E-state index is 13.9. The summed E-state index contributed by atoms with van der Waals surface area (Å²) < 4.78 is 31.1. The number of carbonyl (C=O) groups excluding carboxylic acids is 1. The van der Waals surface area contributed by atoms with E-state index in [0.717, 1.165) is 5.56 Å². The highest BCUT2D eigenvalue weighted by Gasteiger charge is 2.47. The molecule has 2 unspecified atom stereocenters. The number of aryl methyl sites for hydroxylation is 1. The Morgan fingerprint density at radius 3 is 2.58 bits per heavy atom. The number of aliphatic hydroxyl groups excluding tert-OH is 1. The summed E-state index contributed by atoms with van der Waals surface area (Å²) >= 11 is 0. The zero-order chi connectivity index (χ0) is 27.7. The van der Waals surface area contributed by atoms with Gasteiger partial charge in [-0.05, 0) is 73.2 Å². The maximum Gasteiger partial charge on any atom is 0.345 e. The molecular formula is C30H32FNO6. The molecular weight excluding hydrogens is 489 g/mol. The number of esters is 1. The van der Waals surface area contributed by atoms with Crippen LogP contribution in [0.2, 0.25) is 0 Å². The third-order valence-corrected chi connectivity index (χ3v) is 6.88. The first-order valence-corrected chi connectivity index (χ1v) is 12.3. The van der Waals surface area contributed by atoms with Gasteiger partial charge in [0.2, 0.25) is 0 Å². The average molecular weight is 522 g/mol. The van der Waals surface area contributed by atoms with Crippen LogP contribution in [0.3, 0.4) is 0 Å². The van der Waals surface area contributed by atoms with Gasteiger partial charge in [-0.2, -0.15) is 0 Å². The number of rotatable bonds is 7. The molecule has 3 aromatic rings. The highest BCUT2D eigenvalue weighted by Crippen LogP contribution is 2.50. The first kappa shape index (κ1) is 27.3. The molecule has 2 atom stereocenters. The molecule has 7 nitrogen and oxygen atoms in total. The van der Waals surface area contributed by atoms with Crippen LogP contribution in [0.25, 0.3) is 5.57 Å². The predicted octanol–water partition coefficient (Wildman–Crippen LogP) is 5.13. The van der Waals surface area contributed by atoms with Crippen LogP contribution in [0.15, 0.2) is 66.5 Å². The van der Waals surface area contributed by atoms with E-state index in [2.05, 4.69) is 4.98 Å². The van der Waals surface area contributed by atoms with Gasteiger partial charge in [0.15, 0.2) is 0 Å². The summed E-state index contributed by atoms with van der Waals surface area (Å²) in [5, 5.41) is 23.2. The molecule has 2 aromatic carbocycles. The molecule has 0 spiro atoms. The number of pyridine rings is 1. The number of halogens is 1.